The monoisotopic (exact) mass is 235 g/mol. The fraction of sp³-hybridized carbons (Fsp3) is 0.615. The van der Waals surface area contributed by atoms with Gasteiger partial charge < -0.3 is 0 Å². The van der Waals surface area contributed by atoms with Crippen molar-refractivity contribution in [3.8, 4) is 0 Å². The minimum absolute atomic E-state index is 0.119. The van der Waals surface area contributed by atoms with Crippen LogP contribution in [-0.2, 0) is 17.8 Å². The lowest BCUT2D eigenvalue weighted by Crippen LogP contribution is -2.10. The highest BCUT2D eigenvalue weighted by molar-refractivity contribution is 5.91. The van der Waals surface area contributed by atoms with Gasteiger partial charge in [-0.2, -0.15) is 5.10 Å². The van der Waals surface area contributed by atoms with Gasteiger partial charge in [-0.1, -0.05) is 26.3 Å². The van der Waals surface area contributed by atoms with Crippen molar-refractivity contribution in [3.05, 3.63) is 23.8 Å². The van der Waals surface area contributed by atoms with Crippen molar-refractivity contribution in [1.29, 1.82) is 0 Å². The molecule has 0 aliphatic heterocycles. The zero-order valence-corrected chi connectivity index (χ0v) is 10.9. The molecule has 1 aromatic rings. The van der Waals surface area contributed by atoms with Gasteiger partial charge >= 0.3 is 0 Å². The summed E-state index contributed by atoms with van der Waals surface area (Å²) in [5.74, 6) is 0.883. The first kappa shape index (κ1) is 13.6. The standard InChI is InChI=1S/C13H21N3O/c1-4-7-16-13(14-10-15-16)9-12(17)8-11(5-2)6-3/h8,10H,4-7,9H2,1-3H3. The van der Waals surface area contributed by atoms with Crippen molar-refractivity contribution in [2.24, 2.45) is 0 Å². The second-order valence-corrected chi connectivity index (χ2v) is 4.05. The number of ketones is 1. The molecule has 0 unspecified atom stereocenters. The Morgan fingerprint density at radius 2 is 2.06 bits per heavy atom. The quantitative estimate of drug-likeness (QED) is 0.682. The van der Waals surface area contributed by atoms with E-state index in [9.17, 15) is 4.79 Å². The molecular formula is C13H21N3O. The molecule has 0 saturated heterocycles. The van der Waals surface area contributed by atoms with Gasteiger partial charge in [0.25, 0.3) is 0 Å². The highest BCUT2D eigenvalue weighted by Gasteiger charge is 2.08. The van der Waals surface area contributed by atoms with Crippen LogP contribution in [0, 0.1) is 0 Å². The molecule has 0 atom stereocenters. The molecule has 1 heterocycles. The van der Waals surface area contributed by atoms with Crippen molar-refractivity contribution < 1.29 is 4.79 Å². The summed E-state index contributed by atoms with van der Waals surface area (Å²) in [6.07, 6.45) is 6.49. The first-order valence-electron chi connectivity index (χ1n) is 6.30. The molecule has 1 aromatic heterocycles. The van der Waals surface area contributed by atoms with Gasteiger partial charge in [-0.25, -0.2) is 9.67 Å². The number of rotatable bonds is 7. The molecule has 0 radical (unpaired) electrons. The summed E-state index contributed by atoms with van der Waals surface area (Å²) in [4.78, 5) is 16.0. The average molecular weight is 235 g/mol. The highest BCUT2D eigenvalue weighted by atomic mass is 16.1. The molecule has 17 heavy (non-hydrogen) atoms. The molecule has 4 nitrogen and oxygen atoms in total. The Bertz CT molecular complexity index is 387. The predicted octanol–water partition coefficient (Wildman–Crippen LogP) is 2.55. The first-order chi connectivity index (χ1) is 8.21. The number of carbonyl (C=O) groups is 1. The molecule has 0 bridgehead atoms. The van der Waals surface area contributed by atoms with Crippen molar-refractivity contribution in [2.75, 3.05) is 0 Å². The Hall–Kier alpha value is -1.45. The normalized spacial score (nSPS) is 10.3. The van der Waals surface area contributed by atoms with Gasteiger partial charge in [0.15, 0.2) is 5.78 Å². The largest absolute Gasteiger partial charge is 0.294 e. The van der Waals surface area contributed by atoms with Crippen LogP contribution in [0.5, 0.6) is 0 Å². The maximum atomic E-state index is 11.8. The number of nitrogens with zero attached hydrogens (tertiary/aromatic N) is 3. The van der Waals surface area contributed by atoms with Crippen molar-refractivity contribution in [1.82, 2.24) is 14.8 Å². The second-order valence-electron chi connectivity index (χ2n) is 4.05. The molecule has 0 amide bonds. The van der Waals surface area contributed by atoms with Gasteiger partial charge in [0.2, 0.25) is 0 Å². The maximum absolute atomic E-state index is 11.8. The van der Waals surface area contributed by atoms with Gasteiger partial charge in [-0.3, -0.25) is 4.79 Å². The molecular weight excluding hydrogens is 214 g/mol. The summed E-state index contributed by atoms with van der Waals surface area (Å²) in [6.45, 7) is 7.05. The molecule has 0 fully saturated rings. The number of carbonyl (C=O) groups excluding carboxylic acids is 1. The van der Waals surface area contributed by atoms with E-state index < -0.39 is 0 Å². The third-order valence-electron chi connectivity index (χ3n) is 2.74. The van der Waals surface area contributed by atoms with E-state index in [0.717, 1.165) is 31.6 Å². The van der Waals surface area contributed by atoms with Gasteiger partial charge in [-0.05, 0) is 25.3 Å². The number of hydrogen-bond acceptors (Lipinski definition) is 3. The molecule has 0 aromatic carbocycles. The van der Waals surface area contributed by atoms with Crippen LogP contribution < -0.4 is 0 Å². The number of aryl methyl sites for hydroxylation is 1. The van der Waals surface area contributed by atoms with E-state index in [1.54, 1.807) is 6.08 Å². The summed E-state index contributed by atoms with van der Waals surface area (Å²) in [7, 11) is 0. The van der Waals surface area contributed by atoms with Crippen LogP contribution in [0.3, 0.4) is 0 Å². The molecule has 0 aliphatic rings. The zero-order valence-electron chi connectivity index (χ0n) is 10.9. The topological polar surface area (TPSA) is 47.8 Å². The zero-order chi connectivity index (χ0) is 12.7. The third kappa shape index (κ3) is 4.13. The summed E-state index contributed by atoms with van der Waals surface area (Å²) in [5.41, 5.74) is 1.19. The average Bonchev–Trinajstić information content (AvgIpc) is 2.74. The fourth-order valence-electron chi connectivity index (χ4n) is 1.71. The van der Waals surface area contributed by atoms with Crippen LogP contribution >= 0.6 is 0 Å². The van der Waals surface area contributed by atoms with Gasteiger partial charge in [-0.15, -0.1) is 0 Å². The predicted molar refractivity (Wildman–Crippen MR) is 67.7 cm³/mol. The van der Waals surface area contributed by atoms with Crippen LogP contribution in [0.1, 0.15) is 45.9 Å². The van der Waals surface area contributed by atoms with E-state index in [-0.39, 0.29) is 5.78 Å². The molecule has 4 heteroatoms. The molecule has 0 spiro atoms. The number of hydrogen-bond donors (Lipinski definition) is 0. The Balaban J connectivity index is 2.67. The van der Waals surface area contributed by atoms with E-state index in [0.29, 0.717) is 6.42 Å². The van der Waals surface area contributed by atoms with Gasteiger partial charge in [0.1, 0.15) is 12.2 Å². The van der Waals surface area contributed by atoms with Gasteiger partial charge in [0.05, 0.1) is 6.42 Å². The van der Waals surface area contributed by atoms with Crippen LogP contribution in [0.2, 0.25) is 0 Å². The molecule has 0 saturated carbocycles. The van der Waals surface area contributed by atoms with E-state index in [1.807, 2.05) is 4.68 Å². The highest BCUT2D eigenvalue weighted by Crippen LogP contribution is 2.07. The van der Waals surface area contributed by atoms with Crippen molar-refractivity contribution in [2.45, 2.75) is 53.0 Å². The Labute approximate surface area is 103 Å². The van der Waals surface area contributed by atoms with Crippen LogP contribution in [-0.4, -0.2) is 20.5 Å². The lowest BCUT2D eigenvalue weighted by molar-refractivity contribution is -0.114. The Morgan fingerprint density at radius 1 is 1.35 bits per heavy atom. The summed E-state index contributed by atoms with van der Waals surface area (Å²) in [6, 6.07) is 0. The van der Waals surface area contributed by atoms with E-state index in [4.69, 9.17) is 0 Å². The molecule has 0 N–H and O–H groups in total. The lowest BCUT2D eigenvalue weighted by Gasteiger charge is -2.03. The van der Waals surface area contributed by atoms with Crippen molar-refractivity contribution in [3.63, 3.8) is 0 Å². The molecule has 0 aliphatic carbocycles. The summed E-state index contributed by atoms with van der Waals surface area (Å²) >= 11 is 0. The Kier molecular flexibility index (Phi) is 5.60. The summed E-state index contributed by atoms with van der Waals surface area (Å²) in [5, 5.41) is 4.11. The number of allylic oxidation sites excluding steroid dienone is 2. The molecule has 94 valence electrons. The first-order valence-corrected chi connectivity index (χ1v) is 6.30. The maximum Gasteiger partial charge on any atom is 0.163 e. The van der Waals surface area contributed by atoms with E-state index in [1.165, 1.54) is 11.9 Å². The fourth-order valence-corrected chi connectivity index (χ4v) is 1.71. The van der Waals surface area contributed by atoms with Crippen LogP contribution in [0.15, 0.2) is 18.0 Å². The molecule has 1 rings (SSSR count). The van der Waals surface area contributed by atoms with E-state index in [2.05, 4.69) is 30.9 Å². The smallest absolute Gasteiger partial charge is 0.163 e. The van der Waals surface area contributed by atoms with E-state index >= 15 is 0 Å². The van der Waals surface area contributed by atoms with Crippen molar-refractivity contribution >= 4 is 5.78 Å². The second kappa shape index (κ2) is 6.99. The Morgan fingerprint density at radius 3 is 2.65 bits per heavy atom. The minimum Gasteiger partial charge on any atom is -0.294 e. The summed E-state index contributed by atoms with van der Waals surface area (Å²) < 4.78 is 1.81. The van der Waals surface area contributed by atoms with Crippen LogP contribution in [0.25, 0.3) is 0 Å². The van der Waals surface area contributed by atoms with Gasteiger partial charge in [0, 0.05) is 6.54 Å². The minimum atomic E-state index is 0.119. The third-order valence-corrected chi connectivity index (χ3v) is 2.74. The van der Waals surface area contributed by atoms with Crippen LogP contribution in [0.4, 0.5) is 0 Å². The lowest BCUT2D eigenvalue weighted by atomic mass is 10.1. The SMILES string of the molecule is CCCn1ncnc1CC(=O)C=C(CC)CC. The number of aromatic nitrogens is 3.